The monoisotopic (exact) mass is 276 g/mol. The molecule has 1 aliphatic carbocycles. The van der Waals surface area contributed by atoms with Crippen LogP contribution in [0.5, 0.6) is 0 Å². The Morgan fingerprint density at radius 3 is 2.74 bits per heavy atom. The number of hydrogen-bond acceptors (Lipinski definition) is 5. The number of aromatic nitrogens is 2. The zero-order valence-electron chi connectivity index (χ0n) is 11.7. The molecular weight excluding hydrogens is 256 g/mol. The van der Waals surface area contributed by atoms with Gasteiger partial charge in [0.1, 0.15) is 16.5 Å². The third-order valence-electron chi connectivity index (χ3n) is 3.87. The fourth-order valence-corrected chi connectivity index (χ4v) is 3.46. The van der Waals surface area contributed by atoms with Gasteiger partial charge in [-0.2, -0.15) is 0 Å². The first-order chi connectivity index (χ1) is 9.06. The van der Waals surface area contributed by atoms with E-state index in [1.165, 1.54) is 23.3 Å². The minimum atomic E-state index is 0.241. The lowest BCUT2D eigenvalue weighted by Crippen LogP contribution is -2.31. The number of thiophene rings is 1. The summed E-state index contributed by atoms with van der Waals surface area (Å²) in [4.78, 5) is 11.5. The van der Waals surface area contributed by atoms with Crippen molar-refractivity contribution >= 4 is 27.4 Å². The number of hydrogen-bond donors (Lipinski definition) is 2. The SMILES string of the molecule is Cc1nc(NCC(N)C2CC2)c2c(C)c(C)sc2n1. The summed E-state index contributed by atoms with van der Waals surface area (Å²) in [5.74, 6) is 2.47. The molecule has 1 fully saturated rings. The van der Waals surface area contributed by atoms with Crippen LogP contribution in [0.3, 0.4) is 0 Å². The molecular formula is C14H20N4S. The van der Waals surface area contributed by atoms with E-state index < -0.39 is 0 Å². The van der Waals surface area contributed by atoms with Crippen LogP contribution in [0, 0.1) is 26.7 Å². The third-order valence-corrected chi connectivity index (χ3v) is 4.97. The van der Waals surface area contributed by atoms with Gasteiger partial charge >= 0.3 is 0 Å². The van der Waals surface area contributed by atoms with Crippen molar-refractivity contribution in [3.05, 3.63) is 16.3 Å². The molecule has 102 valence electrons. The largest absolute Gasteiger partial charge is 0.368 e. The summed E-state index contributed by atoms with van der Waals surface area (Å²) in [7, 11) is 0. The van der Waals surface area contributed by atoms with Crippen molar-refractivity contribution in [2.24, 2.45) is 11.7 Å². The van der Waals surface area contributed by atoms with E-state index in [1.807, 2.05) is 6.92 Å². The molecule has 2 aromatic rings. The molecule has 0 radical (unpaired) electrons. The fraction of sp³-hybridized carbons (Fsp3) is 0.571. The van der Waals surface area contributed by atoms with Crippen LogP contribution in [0.2, 0.25) is 0 Å². The van der Waals surface area contributed by atoms with Gasteiger partial charge in [0.25, 0.3) is 0 Å². The van der Waals surface area contributed by atoms with Crippen LogP contribution < -0.4 is 11.1 Å². The van der Waals surface area contributed by atoms with Gasteiger partial charge in [-0.25, -0.2) is 9.97 Å². The van der Waals surface area contributed by atoms with Gasteiger partial charge < -0.3 is 11.1 Å². The van der Waals surface area contributed by atoms with Gasteiger partial charge in [-0.15, -0.1) is 11.3 Å². The lowest BCUT2D eigenvalue weighted by Gasteiger charge is -2.13. The average Bonchev–Trinajstić information content (AvgIpc) is 3.15. The minimum absolute atomic E-state index is 0.241. The summed E-state index contributed by atoms with van der Waals surface area (Å²) in [6.45, 7) is 7.01. The van der Waals surface area contributed by atoms with Crippen LogP contribution in [-0.4, -0.2) is 22.6 Å². The van der Waals surface area contributed by atoms with E-state index in [1.54, 1.807) is 11.3 Å². The molecule has 1 atom stereocenters. The highest BCUT2D eigenvalue weighted by Crippen LogP contribution is 2.34. The maximum Gasteiger partial charge on any atom is 0.138 e. The van der Waals surface area contributed by atoms with Crippen molar-refractivity contribution in [3.8, 4) is 0 Å². The van der Waals surface area contributed by atoms with Crippen molar-refractivity contribution < 1.29 is 0 Å². The summed E-state index contributed by atoms with van der Waals surface area (Å²) in [6, 6.07) is 0.241. The Morgan fingerprint density at radius 1 is 1.32 bits per heavy atom. The molecule has 2 heterocycles. The van der Waals surface area contributed by atoms with E-state index in [0.717, 1.165) is 28.4 Å². The predicted octanol–water partition coefficient (Wildman–Crippen LogP) is 2.77. The molecule has 1 aliphatic rings. The molecule has 19 heavy (non-hydrogen) atoms. The van der Waals surface area contributed by atoms with E-state index in [0.29, 0.717) is 5.92 Å². The number of nitrogens with one attached hydrogen (secondary N) is 1. The van der Waals surface area contributed by atoms with Gasteiger partial charge in [0.2, 0.25) is 0 Å². The molecule has 0 aromatic carbocycles. The minimum Gasteiger partial charge on any atom is -0.368 e. The zero-order chi connectivity index (χ0) is 13.6. The van der Waals surface area contributed by atoms with E-state index in [9.17, 15) is 0 Å². The number of nitrogens with two attached hydrogens (primary N) is 1. The van der Waals surface area contributed by atoms with Crippen LogP contribution >= 0.6 is 11.3 Å². The Bertz CT molecular complexity index is 615. The summed E-state index contributed by atoms with van der Waals surface area (Å²) in [6.07, 6.45) is 2.55. The second kappa shape index (κ2) is 4.72. The fourth-order valence-electron chi connectivity index (χ4n) is 2.39. The topological polar surface area (TPSA) is 63.8 Å². The summed E-state index contributed by atoms with van der Waals surface area (Å²) >= 11 is 1.74. The smallest absolute Gasteiger partial charge is 0.138 e. The van der Waals surface area contributed by atoms with E-state index in [4.69, 9.17) is 5.73 Å². The Labute approximate surface area is 117 Å². The van der Waals surface area contributed by atoms with Gasteiger partial charge in [-0.05, 0) is 45.1 Å². The van der Waals surface area contributed by atoms with Crippen LogP contribution in [0.4, 0.5) is 5.82 Å². The van der Waals surface area contributed by atoms with Gasteiger partial charge in [-0.3, -0.25) is 0 Å². The molecule has 1 saturated carbocycles. The molecule has 4 nitrogen and oxygen atoms in total. The molecule has 3 rings (SSSR count). The summed E-state index contributed by atoms with van der Waals surface area (Å²) in [5.41, 5.74) is 7.43. The molecule has 1 unspecified atom stereocenters. The molecule has 2 aromatic heterocycles. The third kappa shape index (κ3) is 2.44. The maximum absolute atomic E-state index is 6.15. The van der Waals surface area contributed by atoms with Gasteiger partial charge in [0.05, 0.1) is 5.39 Å². The van der Waals surface area contributed by atoms with Crippen LogP contribution in [0.15, 0.2) is 0 Å². The quantitative estimate of drug-likeness (QED) is 0.901. The predicted molar refractivity (Wildman–Crippen MR) is 80.8 cm³/mol. The van der Waals surface area contributed by atoms with Crippen molar-refractivity contribution in [2.45, 2.75) is 39.7 Å². The van der Waals surface area contributed by atoms with E-state index in [-0.39, 0.29) is 6.04 Å². The number of rotatable bonds is 4. The average molecular weight is 276 g/mol. The van der Waals surface area contributed by atoms with E-state index >= 15 is 0 Å². The molecule has 0 spiro atoms. The Hall–Kier alpha value is -1.20. The Morgan fingerprint density at radius 2 is 2.05 bits per heavy atom. The highest BCUT2D eigenvalue weighted by Gasteiger charge is 2.28. The van der Waals surface area contributed by atoms with Gasteiger partial charge in [0.15, 0.2) is 0 Å². The lowest BCUT2D eigenvalue weighted by molar-refractivity contribution is 0.620. The standard InChI is InChI=1S/C14H20N4S/c1-7-8(2)19-14-12(7)13(17-9(3)18-14)16-6-11(15)10-4-5-10/h10-11H,4-6,15H2,1-3H3,(H,16,17,18). The number of aryl methyl sites for hydroxylation is 3. The Balaban J connectivity index is 1.92. The normalized spacial score (nSPS) is 16.8. The zero-order valence-corrected chi connectivity index (χ0v) is 12.5. The maximum atomic E-state index is 6.15. The van der Waals surface area contributed by atoms with Crippen molar-refractivity contribution in [1.82, 2.24) is 9.97 Å². The van der Waals surface area contributed by atoms with Crippen LogP contribution in [0.25, 0.3) is 10.2 Å². The molecule has 0 aliphatic heterocycles. The number of anilines is 1. The highest BCUT2D eigenvalue weighted by molar-refractivity contribution is 7.18. The second-order valence-corrected chi connectivity index (χ2v) is 6.67. The van der Waals surface area contributed by atoms with Gasteiger partial charge in [-0.1, -0.05) is 0 Å². The molecule has 0 bridgehead atoms. The first-order valence-electron chi connectivity index (χ1n) is 6.80. The highest BCUT2D eigenvalue weighted by atomic mass is 32.1. The molecule has 0 amide bonds. The molecule has 5 heteroatoms. The second-order valence-electron chi connectivity index (χ2n) is 5.47. The van der Waals surface area contributed by atoms with Gasteiger partial charge in [0, 0.05) is 17.5 Å². The lowest BCUT2D eigenvalue weighted by atomic mass is 10.2. The van der Waals surface area contributed by atoms with Crippen molar-refractivity contribution in [1.29, 1.82) is 0 Å². The number of fused-ring (bicyclic) bond motifs is 1. The van der Waals surface area contributed by atoms with Crippen LogP contribution in [0.1, 0.15) is 29.1 Å². The van der Waals surface area contributed by atoms with Crippen molar-refractivity contribution in [3.63, 3.8) is 0 Å². The van der Waals surface area contributed by atoms with Crippen molar-refractivity contribution in [2.75, 3.05) is 11.9 Å². The first kappa shape index (κ1) is 12.8. The number of nitrogens with zero attached hydrogens (tertiary/aromatic N) is 2. The molecule has 0 saturated heterocycles. The Kier molecular flexibility index (Phi) is 3.19. The first-order valence-corrected chi connectivity index (χ1v) is 7.61. The van der Waals surface area contributed by atoms with Crippen LogP contribution in [-0.2, 0) is 0 Å². The van der Waals surface area contributed by atoms with E-state index in [2.05, 4.69) is 29.1 Å². The summed E-state index contributed by atoms with van der Waals surface area (Å²) < 4.78 is 0. The summed E-state index contributed by atoms with van der Waals surface area (Å²) in [5, 5.41) is 4.60. The molecule has 3 N–H and O–H groups in total.